The van der Waals surface area contributed by atoms with Crippen molar-refractivity contribution in [3.8, 4) is 0 Å². The SMILES string of the molecule is CCc1nc(Cl)cc(NC2CCC(C)CC2C)n1. The van der Waals surface area contributed by atoms with Crippen LogP contribution in [0, 0.1) is 11.8 Å². The summed E-state index contributed by atoms with van der Waals surface area (Å²) in [6, 6.07) is 2.34. The molecular weight excluding hydrogens is 246 g/mol. The highest BCUT2D eigenvalue weighted by molar-refractivity contribution is 6.29. The average Bonchev–Trinajstić information content (AvgIpc) is 2.32. The highest BCUT2D eigenvalue weighted by Crippen LogP contribution is 2.30. The molecule has 0 amide bonds. The van der Waals surface area contributed by atoms with Gasteiger partial charge in [-0.3, -0.25) is 0 Å². The molecule has 0 aromatic carbocycles. The topological polar surface area (TPSA) is 37.8 Å². The molecule has 1 fully saturated rings. The van der Waals surface area contributed by atoms with Gasteiger partial charge in [0, 0.05) is 18.5 Å². The Balaban J connectivity index is 2.06. The van der Waals surface area contributed by atoms with Crippen molar-refractivity contribution < 1.29 is 0 Å². The van der Waals surface area contributed by atoms with Crippen LogP contribution in [-0.2, 0) is 6.42 Å². The summed E-state index contributed by atoms with van der Waals surface area (Å²) in [4.78, 5) is 8.68. The van der Waals surface area contributed by atoms with E-state index in [1.165, 1.54) is 19.3 Å². The van der Waals surface area contributed by atoms with E-state index in [2.05, 4.69) is 29.1 Å². The summed E-state index contributed by atoms with van der Waals surface area (Å²) in [5, 5.41) is 4.06. The second-order valence-corrected chi connectivity index (χ2v) is 5.88. The number of hydrogen-bond acceptors (Lipinski definition) is 3. The molecule has 100 valence electrons. The molecule has 1 aliphatic carbocycles. The third kappa shape index (κ3) is 3.35. The first kappa shape index (κ1) is 13.6. The van der Waals surface area contributed by atoms with Gasteiger partial charge in [-0.05, 0) is 31.1 Å². The van der Waals surface area contributed by atoms with Gasteiger partial charge in [0.25, 0.3) is 0 Å². The molecule has 3 nitrogen and oxygen atoms in total. The van der Waals surface area contributed by atoms with Crippen molar-refractivity contribution in [1.29, 1.82) is 0 Å². The van der Waals surface area contributed by atoms with Gasteiger partial charge in [-0.25, -0.2) is 9.97 Å². The van der Waals surface area contributed by atoms with E-state index in [0.717, 1.165) is 24.0 Å². The van der Waals surface area contributed by atoms with Crippen LogP contribution in [0.15, 0.2) is 6.07 Å². The van der Waals surface area contributed by atoms with E-state index in [0.29, 0.717) is 17.1 Å². The van der Waals surface area contributed by atoms with Gasteiger partial charge in [-0.1, -0.05) is 32.4 Å². The Morgan fingerprint density at radius 3 is 2.78 bits per heavy atom. The van der Waals surface area contributed by atoms with Crippen LogP contribution < -0.4 is 5.32 Å². The van der Waals surface area contributed by atoms with Crippen LogP contribution in [0.3, 0.4) is 0 Å². The van der Waals surface area contributed by atoms with Crippen LogP contribution in [0.5, 0.6) is 0 Å². The summed E-state index contributed by atoms with van der Waals surface area (Å²) in [5.74, 6) is 3.21. The monoisotopic (exact) mass is 267 g/mol. The van der Waals surface area contributed by atoms with Gasteiger partial charge in [-0.15, -0.1) is 0 Å². The van der Waals surface area contributed by atoms with E-state index >= 15 is 0 Å². The Bertz CT molecular complexity index is 408. The number of anilines is 1. The molecule has 1 saturated carbocycles. The number of halogens is 1. The Morgan fingerprint density at radius 1 is 1.33 bits per heavy atom. The molecule has 3 unspecified atom stereocenters. The molecule has 3 atom stereocenters. The van der Waals surface area contributed by atoms with E-state index in [-0.39, 0.29) is 0 Å². The van der Waals surface area contributed by atoms with E-state index in [4.69, 9.17) is 11.6 Å². The lowest BCUT2D eigenvalue weighted by atomic mass is 9.80. The second-order valence-electron chi connectivity index (χ2n) is 5.49. The van der Waals surface area contributed by atoms with Crippen molar-refractivity contribution in [1.82, 2.24) is 9.97 Å². The van der Waals surface area contributed by atoms with Crippen molar-refractivity contribution >= 4 is 17.4 Å². The van der Waals surface area contributed by atoms with Gasteiger partial charge < -0.3 is 5.32 Å². The molecule has 0 spiro atoms. The van der Waals surface area contributed by atoms with E-state index in [1.54, 1.807) is 0 Å². The minimum Gasteiger partial charge on any atom is -0.367 e. The zero-order chi connectivity index (χ0) is 13.1. The second kappa shape index (κ2) is 5.87. The summed E-state index contributed by atoms with van der Waals surface area (Å²) >= 11 is 6.01. The fourth-order valence-electron chi connectivity index (χ4n) is 2.77. The summed E-state index contributed by atoms with van der Waals surface area (Å²) in [6.45, 7) is 6.70. The summed E-state index contributed by atoms with van der Waals surface area (Å²) in [5.41, 5.74) is 0. The third-order valence-electron chi connectivity index (χ3n) is 3.82. The highest BCUT2D eigenvalue weighted by Gasteiger charge is 2.25. The molecule has 1 N–H and O–H groups in total. The van der Waals surface area contributed by atoms with Crippen LogP contribution >= 0.6 is 11.6 Å². The Labute approximate surface area is 114 Å². The standard InChI is InChI=1S/C14H22ClN3/c1-4-13-17-12(15)8-14(18-13)16-11-6-5-9(2)7-10(11)3/h8-11H,4-7H2,1-3H3,(H,16,17,18). The number of aromatic nitrogens is 2. The van der Waals surface area contributed by atoms with Gasteiger partial charge >= 0.3 is 0 Å². The summed E-state index contributed by atoms with van der Waals surface area (Å²) in [6.07, 6.45) is 4.61. The van der Waals surface area contributed by atoms with Gasteiger partial charge in [-0.2, -0.15) is 0 Å². The first-order chi connectivity index (χ1) is 8.58. The number of aryl methyl sites for hydroxylation is 1. The van der Waals surface area contributed by atoms with E-state index in [9.17, 15) is 0 Å². The Hall–Kier alpha value is -0.830. The normalized spacial score (nSPS) is 28.1. The third-order valence-corrected chi connectivity index (χ3v) is 4.02. The highest BCUT2D eigenvalue weighted by atomic mass is 35.5. The van der Waals surface area contributed by atoms with Crippen molar-refractivity contribution in [2.75, 3.05) is 5.32 Å². The quantitative estimate of drug-likeness (QED) is 0.844. The molecule has 1 heterocycles. The molecule has 4 heteroatoms. The Morgan fingerprint density at radius 2 is 2.11 bits per heavy atom. The molecule has 1 aromatic rings. The van der Waals surface area contributed by atoms with Crippen LogP contribution in [-0.4, -0.2) is 16.0 Å². The number of rotatable bonds is 3. The maximum Gasteiger partial charge on any atom is 0.134 e. The Kier molecular flexibility index (Phi) is 4.44. The molecule has 0 saturated heterocycles. The minimum atomic E-state index is 0.511. The fraction of sp³-hybridized carbons (Fsp3) is 0.714. The summed E-state index contributed by atoms with van der Waals surface area (Å²) in [7, 11) is 0. The summed E-state index contributed by atoms with van der Waals surface area (Å²) < 4.78 is 0. The van der Waals surface area contributed by atoms with Crippen molar-refractivity contribution in [3.05, 3.63) is 17.0 Å². The number of nitrogens with one attached hydrogen (secondary N) is 1. The van der Waals surface area contributed by atoms with Crippen LogP contribution in [0.1, 0.15) is 45.9 Å². The van der Waals surface area contributed by atoms with Crippen molar-refractivity contribution in [2.45, 2.75) is 52.5 Å². The van der Waals surface area contributed by atoms with Crippen molar-refractivity contribution in [2.24, 2.45) is 11.8 Å². The van der Waals surface area contributed by atoms with Crippen LogP contribution in [0.2, 0.25) is 5.15 Å². The molecule has 0 aliphatic heterocycles. The largest absolute Gasteiger partial charge is 0.367 e. The lowest BCUT2D eigenvalue weighted by Crippen LogP contribution is -2.33. The zero-order valence-corrected chi connectivity index (χ0v) is 12.2. The van der Waals surface area contributed by atoms with Crippen LogP contribution in [0.4, 0.5) is 5.82 Å². The lowest BCUT2D eigenvalue weighted by molar-refractivity contribution is 0.276. The first-order valence-electron chi connectivity index (χ1n) is 6.88. The zero-order valence-electron chi connectivity index (χ0n) is 11.4. The maximum atomic E-state index is 6.01. The van der Waals surface area contributed by atoms with Gasteiger partial charge in [0.1, 0.15) is 16.8 Å². The van der Waals surface area contributed by atoms with Crippen molar-refractivity contribution in [3.63, 3.8) is 0 Å². The van der Waals surface area contributed by atoms with Crippen LogP contribution in [0.25, 0.3) is 0 Å². The maximum absolute atomic E-state index is 6.01. The fourth-order valence-corrected chi connectivity index (χ4v) is 2.97. The van der Waals surface area contributed by atoms with Gasteiger partial charge in [0.05, 0.1) is 0 Å². The first-order valence-corrected chi connectivity index (χ1v) is 7.26. The lowest BCUT2D eigenvalue weighted by Gasteiger charge is -2.33. The minimum absolute atomic E-state index is 0.511. The smallest absolute Gasteiger partial charge is 0.134 e. The molecule has 2 rings (SSSR count). The molecule has 0 radical (unpaired) electrons. The molecule has 18 heavy (non-hydrogen) atoms. The van der Waals surface area contributed by atoms with E-state index in [1.807, 2.05) is 13.0 Å². The van der Waals surface area contributed by atoms with Gasteiger partial charge in [0.15, 0.2) is 0 Å². The molecular formula is C14H22ClN3. The van der Waals surface area contributed by atoms with E-state index < -0.39 is 0 Å². The predicted molar refractivity (Wildman–Crippen MR) is 76.0 cm³/mol. The van der Waals surface area contributed by atoms with Gasteiger partial charge in [0.2, 0.25) is 0 Å². The molecule has 1 aliphatic rings. The molecule has 0 bridgehead atoms. The number of nitrogens with zero attached hydrogens (tertiary/aromatic N) is 2. The average molecular weight is 268 g/mol. The number of hydrogen-bond donors (Lipinski definition) is 1. The predicted octanol–water partition coefficient (Wildman–Crippen LogP) is 3.93. The molecule has 1 aromatic heterocycles.